The Bertz CT molecular complexity index is 720. The molecular formula is C14H13ClN4. The number of benzene rings is 1. The van der Waals surface area contributed by atoms with Gasteiger partial charge in [-0.15, -0.1) is 11.6 Å². The largest absolute Gasteiger partial charge is 0.321 e. The number of rotatable bonds is 3. The Labute approximate surface area is 116 Å². The molecule has 2 heterocycles. The van der Waals surface area contributed by atoms with E-state index in [1.54, 1.807) is 6.20 Å². The fourth-order valence-corrected chi connectivity index (χ4v) is 2.36. The molecule has 4 nitrogen and oxygen atoms in total. The van der Waals surface area contributed by atoms with E-state index in [1.165, 1.54) is 0 Å². The third-order valence-corrected chi connectivity index (χ3v) is 3.25. The zero-order chi connectivity index (χ0) is 13.2. The Morgan fingerprint density at radius 1 is 1.16 bits per heavy atom. The first-order chi connectivity index (χ1) is 9.28. The zero-order valence-electron chi connectivity index (χ0n) is 10.5. The van der Waals surface area contributed by atoms with Crippen LogP contribution in [0.15, 0.2) is 36.5 Å². The Balaban J connectivity index is 2.08. The molecule has 0 amide bonds. The van der Waals surface area contributed by atoms with Crippen molar-refractivity contribution in [2.45, 2.75) is 19.3 Å². The van der Waals surface area contributed by atoms with E-state index in [9.17, 15) is 0 Å². The second-order valence-electron chi connectivity index (χ2n) is 4.33. The monoisotopic (exact) mass is 272 g/mol. The summed E-state index contributed by atoms with van der Waals surface area (Å²) in [5, 5.41) is 0. The van der Waals surface area contributed by atoms with Crippen molar-refractivity contribution in [3.8, 4) is 0 Å². The molecule has 0 fully saturated rings. The lowest BCUT2D eigenvalue weighted by atomic mass is 10.3. The van der Waals surface area contributed by atoms with Crippen molar-refractivity contribution in [1.29, 1.82) is 0 Å². The summed E-state index contributed by atoms with van der Waals surface area (Å²) in [5.74, 6) is 2.02. The summed E-state index contributed by atoms with van der Waals surface area (Å²) < 4.78 is 2.10. The van der Waals surface area contributed by atoms with Gasteiger partial charge in [0.15, 0.2) is 0 Å². The summed E-state index contributed by atoms with van der Waals surface area (Å²) in [5.41, 5.74) is 3.00. The number of aryl methyl sites for hydroxylation is 1. The molecule has 3 rings (SSSR count). The fraction of sp³-hybridized carbons (Fsp3) is 0.214. The minimum atomic E-state index is 0.388. The van der Waals surface area contributed by atoms with E-state index < -0.39 is 0 Å². The van der Waals surface area contributed by atoms with Crippen LogP contribution in [-0.2, 0) is 12.4 Å². The van der Waals surface area contributed by atoms with Gasteiger partial charge in [-0.3, -0.25) is 0 Å². The van der Waals surface area contributed by atoms with E-state index in [2.05, 4.69) is 19.5 Å². The molecule has 0 aliphatic carbocycles. The molecular weight excluding hydrogens is 260 g/mol. The maximum Gasteiger partial charge on any atom is 0.125 e. The molecule has 96 valence electrons. The lowest BCUT2D eigenvalue weighted by Gasteiger charge is -2.07. The molecule has 0 atom stereocenters. The summed E-state index contributed by atoms with van der Waals surface area (Å²) in [4.78, 5) is 13.1. The summed E-state index contributed by atoms with van der Waals surface area (Å²) in [6, 6.07) is 9.94. The first-order valence-electron chi connectivity index (χ1n) is 6.06. The summed E-state index contributed by atoms with van der Waals surface area (Å²) in [7, 11) is 0. The highest BCUT2D eigenvalue weighted by Gasteiger charge is 2.10. The average Bonchev–Trinajstić information content (AvgIpc) is 2.77. The minimum absolute atomic E-state index is 0.388. The lowest BCUT2D eigenvalue weighted by Crippen LogP contribution is -2.06. The molecule has 0 aliphatic rings. The zero-order valence-corrected chi connectivity index (χ0v) is 11.3. The predicted octanol–water partition coefficient (Wildman–Crippen LogP) is 2.92. The number of aromatic nitrogens is 4. The van der Waals surface area contributed by atoms with Crippen LogP contribution in [-0.4, -0.2) is 19.5 Å². The van der Waals surface area contributed by atoms with E-state index in [4.69, 9.17) is 11.6 Å². The van der Waals surface area contributed by atoms with E-state index in [0.29, 0.717) is 12.4 Å². The number of hydrogen-bond donors (Lipinski definition) is 0. The van der Waals surface area contributed by atoms with Gasteiger partial charge in [0.1, 0.15) is 11.6 Å². The summed E-state index contributed by atoms with van der Waals surface area (Å²) in [6.45, 7) is 2.55. The molecule has 2 aromatic heterocycles. The van der Waals surface area contributed by atoms with E-state index in [0.717, 1.165) is 28.4 Å². The molecule has 19 heavy (non-hydrogen) atoms. The van der Waals surface area contributed by atoms with Crippen LogP contribution in [0.25, 0.3) is 11.0 Å². The standard InChI is InChI=1S/C14H13ClN4/c1-10-16-7-6-11(17-10)9-19-13-5-3-2-4-12(13)18-14(19)8-15/h2-7H,8-9H2,1H3. The number of alkyl halides is 1. The van der Waals surface area contributed by atoms with Crippen LogP contribution in [0, 0.1) is 6.92 Å². The molecule has 0 radical (unpaired) electrons. The van der Waals surface area contributed by atoms with Crippen molar-refractivity contribution in [2.24, 2.45) is 0 Å². The van der Waals surface area contributed by atoms with Crippen molar-refractivity contribution in [2.75, 3.05) is 0 Å². The number of fused-ring (bicyclic) bond motifs is 1. The highest BCUT2D eigenvalue weighted by atomic mass is 35.5. The van der Waals surface area contributed by atoms with Crippen LogP contribution >= 0.6 is 11.6 Å². The fourth-order valence-electron chi connectivity index (χ4n) is 2.16. The van der Waals surface area contributed by atoms with Crippen LogP contribution < -0.4 is 0 Å². The average molecular weight is 273 g/mol. The molecule has 0 N–H and O–H groups in total. The molecule has 3 aromatic rings. The van der Waals surface area contributed by atoms with Crippen LogP contribution in [0.1, 0.15) is 17.3 Å². The number of imidazole rings is 1. The van der Waals surface area contributed by atoms with Gasteiger partial charge in [-0.2, -0.15) is 0 Å². The van der Waals surface area contributed by atoms with Gasteiger partial charge >= 0.3 is 0 Å². The summed E-state index contributed by atoms with van der Waals surface area (Å²) >= 11 is 5.98. The molecule has 0 aliphatic heterocycles. The lowest BCUT2D eigenvalue weighted by molar-refractivity contribution is 0.749. The first kappa shape index (κ1) is 12.1. The topological polar surface area (TPSA) is 43.6 Å². The number of halogens is 1. The van der Waals surface area contributed by atoms with Crippen molar-refractivity contribution >= 4 is 22.6 Å². The first-order valence-corrected chi connectivity index (χ1v) is 6.60. The molecule has 0 unspecified atom stereocenters. The van der Waals surface area contributed by atoms with Crippen LogP contribution in [0.2, 0.25) is 0 Å². The van der Waals surface area contributed by atoms with Gasteiger partial charge in [0.25, 0.3) is 0 Å². The maximum atomic E-state index is 5.98. The Kier molecular flexibility index (Phi) is 3.17. The summed E-state index contributed by atoms with van der Waals surface area (Å²) in [6.07, 6.45) is 1.77. The van der Waals surface area contributed by atoms with E-state index in [1.807, 2.05) is 37.3 Å². The number of nitrogens with zero attached hydrogens (tertiary/aromatic N) is 4. The molecule has 1 aromatic carbocycles. The van der Waals surface area contributed by atoms with Gasteiger partial charge in [0.2, 0.25) is 0 Å². The van der Waals surface area contributed by atoms with Crippen molar-refractivity contribution in [1.82, 2.24) is 19.5 Å². The Morgan fingerprint density at radius 3 is 2.79 bits per heavy atom. The van der Waals surface area contributed by atoms with E-state index in [-0.39, 0.29) is 0 Å². The smallest absolute Gasteiger partial charge is 0.125 e. The molecule has 0 spiro atoms. The van der Waals surface area contributed by atoms with Crippen LogP contribution in [0.3, 0.4) is 0 Å². The van der Waals surface area contributed by atoms with Crippen molar-refractivity contribution in [3.63, 3.8) is 0 Å². The van der Waals surface area contributed by atoms with Crippen LogP contribution in [0.5, 0.6) is 0 Å². The predicted molar refractivity (Wildman–Crippen MR) is 75.2 cm³/mol. The van der Waals surface area contributed by atoms with Gasteiger partial charge < -0.3 is 4.57 Å². The SMILES string of the molecule is Cc1nccc(Cn2c(CCl)nc3ccccc32)n1. The normalized spacial score (nSPS) is 11.1. The Hall–Kier alpha value is -1.94. The van der Waals surface area contributed by atoms with E-state index >= 15 is 0 Å². The number of para-hydroxylation sites is 2. The van der Waals surface area contributed by atoms with Crippen LogP contribution in [0.4, 0.5) is 0 Å². The van der Waals surface area contributed by atoms with Gasteiger partial charge in [-0.1, -0.05) is 12.1 Å². The maximum absolute atomic E-state index is 5.98. The van der Waals surface area contributed by atoms with Gasteiger partial charge in [-0.25, -0.2) is 15.0 Å². The van der Waals surface area contributed by atoms with Crippen molar-refractivity contribution < 1.29 is 0 Å². The molecule has 0 saturated carbocycles. The molecule has 0 bridgehead atoms. The minimum Gasteiger partial charge on any atom is -0.321 e. The van der Waals surface area contributed by atoms with Gasteiger partial charge in [0.05, 0.1) is 29.2 Å². The number of hydrogen-bond acceptors (Lipinski definition) is 3. The van der Waals surface area contributed by atoms with Gasteiger partial charge in [0, 0.05) is 6.20 Å². The quantitative estimate of drug-likeness (QED) is 0.689. The molecule has 5 heteroatoms. The third-order valence-electron chi connectivity index (χ3n) is 3.01. The third kappa shape index (κ3) is 2.31. The second-order valence-corrected chi connectivity index (χ2v) is 4.60. The highest BCUT2D eigenvalue weighted by molar-refractivity contribution is 6.16. The molecule has 0 saturated heterocycles. The highest BCUT2D eigenvalue weighted by Crippen LogP contribution is 2.18. The second kappa shape index (κ2) is 4.97. The van der Waals surface area contributed by atoms with Crippen molar-refractivity contribution in [3.05, 3.63) is 53.9 Å². The van der Waals surface area contributed by atoms with Gasteiger partial charge in [-0.05, 0) is 25.1 Å². The Morgan fingerprint density at radius 2 is 2.00 bits per heavy atom.